The Kier molecular flexibility index (Phi) is 5.54. The highest BCUT2D eigenvalue weighted by atomic mass is 14.6. The molecule has 0 aliphatic carbocycles. The highest BCUT2D eigenvalue weighted by Gasteiger charge is 2.09. The van der Waals surface area contributed by atoms with Gasteiger partial charge in [-0.2, -0.15) is 0 Å². The van der Waals surface area contributed by atoms with E-state index in [1.54, 1.807) is 0 Å². The molecule has 0 amide bonds. The Labute approximate surface area is 100 Å². The minimum absolute atomic E-state index is 0.323. The number of aryl methyl sites for hydroxylation is 1. The van der Waals surface area contributed by atoms with E-state index in [9.17, 15) is 0 Å². The van der Waals surface area contributed by atoms with Crippen molar-refractivity contribution in [1.82, 2.24) is 0 Å². The van der Waals surface area contributed by atoms with E-state index in [0.717, 1.165) is 12.8 Å². The van der Waals surface area contributed by atoms with Crippen molar-refractivity contribution in [1.29, 1.82) is 0 Å². The van der Waals surface area contributed by atoms with Crippen molar-refractivity contribution in [3.05, 3.63) is 35.4 Å². The fourth-order valence-corrected chi connectivity index (χ4v) is 2.10. The lowest BCUT2D eigenvalue weighted by molar-refractivity contribution is 0.532. The Balaban J connectivity index is 2.63. The first-order chi connectivity index (χ1) is 7.67. The molecule has 1 aromatic rings. The van der Waals surface area contributed by atoms with Crippen LogP contribution in [0.1, 0.15) is 57.1 Å². The summed E-state index contributed by atoms with van der Waals surface area (Å²) in [5, 5.41) is 0. The van der Waals surface area contributed by atoms with Crippen LogP contribution in [0, 0.1) is 0 Å². The van der Waals surface area contributed by atoms with Crippen molar-refractivity contribution in [3.63, 3.8) is 0 Å². The predicted molar refractivity (Wildman–Crippen MR) is 71.7 cm³/mol. The third kappa shape index (κ3) is 3.97. The van der Waals surface area contributed by atoms with Crippen LogP contribution in [-0.4, -0.2) is 6.04 Å². The minimum atomic E-state index is 0.323. The second-order valence-corrected chi connectivity index (χ2v) is 4.75. The highest BCUT2D eigenvalue weighted by molar-refractivity contribution is 5.25. The van der Waals surface area contributed by atoms with Crippen molar-refractivity contribution in [2.24, 2.45) is 5.73 Å². The first kappa shape index (κ1) is 13.2. The second-order valence-electron chi connectivity index (χ2n) is 4.75. The zero-order valence-electron chi connectivity index (χ0n) is 10.9. The van der Waals surface area contributed by atoms with Crippen LogP contribution in [0.4, 0.5) is 0 Å². The molecule has 0 aromatic heterocycles. The average Bonchev–Trinajstić information content (AvgIpc) is 2.30. The highest BCUT2D eigenvalue weighted by Crippen LogP contribution is 2.25. The topological polar surface area (TPSA) is 26.0 Å². The number of nitrogens with two attached hydrogens (primary N) is 1. The normalized spacial score (nSPS) is 14.8. The Morgan fingerprint density at radius 3 is 2.12 bits per heavy atom. The molecular weight excluding hydrogens is 194 g/mol. The maximum absolute atomic E-state index is 5.82. The van der Waals surface area contributed by atoms with Gasteiger partial charge in [0.25, 0.3) is 0 Å². The van der Waals surface area contributed by atoms with Crippen molar-refractivity contribution in [2.45, 2.75) is 58.4 Å². The lowest BCUT2D eigenvalue weighted by Crippen LogP contribution is -2.15. The lowest BCUT2D eigenvalue weighted by atomic mass is 9.90. The monoisotopic (exact) mass is 219 g/mol. The molecular formula is C15H25N. The second kappa shape index (κ2) is 6.70. The van der Waals surface area contributed by atoms with Crippen LogP contribution in [0.15, 0.2) is 24.3 Å². The molecule has 16 heavy (non-hydrogen) atoms. The minimum Gasteiger partial charge on any atom is -0.328 e. The molecule has 0 radical (unpaired) electrons. The van der Waals surface area contributed by atoms with Gasteiger partial charge in [-0.15, -0.1) is 0 Å². The molecule has 2 unspecified atom stereocenters. The quantitative estimate of drug-likeness (QED) is 0.772. The van der Waals surface area contributed by atoms with E-state index in [1.165, 1.54) is 24.0 Å². The van der Waals surface area contributed by atoms with Crippen molar-refractivity contribution in [2.75, 3.05) is 0 Å². The van der Waals surface area contributed by atoms with E-state index < -0.39 is 0 Å². The standard InChI is InChI=1S/C15H25N/c1-4-13-7-10-15(11-8-13)14(5-2)9-6-12(3)16/h7-8,10-12,14H,4-6,9,16H2,1-3H3. The smallest absolute Gasteiger partial charge is 0.00106 e. The van der Waals surface area contributed by atoms with Crippen molar-refractivity contribution in [3.8, 4) is 0 Å². The maximum Gasteiger partial charge on any atom is 0.00106 e. The summed E-state index contributed by atoms with van der Waals surface area (Å²) >= 11 is 0. The third-order valence-electron chi connectivity index (χ3n) is 3.32. The van der Waals surface area contributed by atoms with Crippen LogP contribution in [0.25, 0.3) is 0 Å². The molecule has 0 aliphatic heterocycles. The molecule has 2 N–H and O–H groups in total. The molecule has 1 nitrogen and oxygen atoms in total. The molecule has 1 heteroatoms. The maximum atomic E-state index is 5.82. The molecule has 90 valence electrons. The van der Waals surface area contributed by atoms with Crippen LogP contribution in [-0.2, 0) is 6.42 Å². The van der Waals surface area contributed by atoms with Crippen LogP contribution in [0.2, 0.25) is 0 Å². The fourth-order valence-electron chi connectivity index (χ4n) is 2.10. The van der Waals surface area contributed by atoms with Gasteiger partial charge in [-0.25, -0.2) is 0 Å². The molecule has 1 rings (SSSR count). The molecule has 0 aliphatic rings. The lowest BCUT2D eigenvalue weighted by Gasteiger charge is -2.17. The molecule has 0 spiro atoms. The predicted octanol–water partition coefficient (Wildman–Crippen LogP) is 3.87. The van der Waals surface area contributed by atoms with Gasteiger partial charge < -0.3 is 5.73 Å². The largest absolute Gasteiger partial charge is 0.328 e. The van der Waals surface area contributed by atoms with Crippen LogP contribution < -0.4 is 5.73 Å². The van der Waals surface area contributed by atoms with E-state index in [4.69, 9.17) is 5.73 Å². The first-order valence-corrected chi connectivity index (χ1v) is 6.51. The summed E-state index contributed by atoms with van der Waals surface area (Å²) in [6, 6.07) is 9.40. The number of benzene rings is 1. The zero-order chi connectivity index (χ0) is 12.0. The van der Waals surface area contributed by atoms with Gasteiger partial charge >= 0.3 is 0 Å². The summed E-state index contributed by atoms with van der Waals surface area (Å²) in [6.45, 7) is 6.55. The number of hydrogen-bond acceptors (Lipinski definition) is 1. The van der Waals surface area contributed by atoms with E-state index in [0.29, 0.717) is 12.0 Å². The zero-order valence-corrected chi connectivity index (χ0v) is 10.9. The molecule has 2 atom stereocenters. The summed E-state index contributed by atoms with van der Waals surface area (Å²) in [6.07, 6.45) is 4.66. The molecule has 0 saturated carbocycles. The van der Waals surface area contributed by atoms with E-state index >= 15 is 0 Å². The molecule has 0 saturated heterocycles. The van der Waals surface area contributed by atoms with Gasteiger partial charge in [0.15, 0.2) is 0 Å². The fraction of sp³-hybridized carbons (Fsp3) is 0.600. The molecule has 0 fully saturated rings. The number of rotatable bonds is 6. The third-order valence-corrected chi connectivity index (χ3v) is 3.32. The van der Waals surface area contributed by atoms with Crippen molar-refractivity contribution < 1.29 is 0 Å². The number of hydrogen-bond donors (Lipinski definition) is 1. The Morgan fingerprint density at radius 2 is 1.69 bits per heavy atom. The van der Waals surface area contributed by atoms with Gasteiger partial charge in [-0.3, -0.25) is 0 Å². The van der Waals surface area contributed by atoms with E-state index in [1.807, 2.05) is 0 Å². The van der Waals surface area contributed by atoms with Crippen LogP contribution >= 0.6 is 0 Å². The van der Waals surface area contributed by atoms with Gasteiger partial charge in [0.2, 0.25) is 0 Å². The van der Waals surface area contributed by atoms with Gasteiger partial charge in [0.1, 0.15) is 0 Å². The summed E-state index contributed by atoms with van der Waals surface area (Å²) in [5.41, 5.74) is 8.71. The summed E-state index contributed by atoms with van der Waals surface area (Å²) in [5.74, 6) is 0.678. The molecule has 0 bridgehead atoms. The summed E-state index contributed by atoms with van der Waals surface area (Å²) in [4.78, 5) is 0. The summed E-state index contributed by atoms with van der Waals surface area (Å²) in [7, 11) is 0. The van der Waals surface area contributed by atoms with E-state index in [-0.39, 0.29) is 0 Å². The van der Waals surface area contributed by atoms with Gasteiger partial charge in [-0.05, 0) is 49.7 Å². The van der Waals surface area contributed by atoms with Crippen LogP contribution in [0.3, 0.4) is 0 Å². The van der Waals surface area contributed by atoms with Crippen LogP contribution in [0.5, 0.6) is 0 Å². The van der Waals surface area contributed by atoms with Gasteiger partial charge in [0, 0.05) is 6.04 Å². The van der Waals surface area contributed by atoms with Crippen molar-refractivity contribution >= 4 is 0 Å². The average molecular weight is 219 g/mol. The molecule has 1 aromatic carbocycles. The summed E-state index contributed by atoms with van der Waals surface area (Å²) < 4.78 is 0. The Morgan fingerprint density at radius 1 is 1.06 bits per heavy atom. The van der Waals surface area contributed by atoms with E-state index in [2.05, 4.69) is 45.0 Å². The first-order valence-electron chi connectivity index (χ1n) is 6.51. The SMILES string of the molecule is CCc1ccc(C(CC)CCC(C)N)cc1. The molecule has 0 heterocycles. The van der Waals surface area contributed by atoms with Gasteiger partial charge in [0.05, 0.1) is 0 Å². The Hall–Kier alpha value is -0.820. The Bertz CT molecular complexity index is 287. The van der Waals surface area contributed by atoms with Gasteiger partial charge in [-0.1, -0.05) is 38.1 Å².